The van der Waals surface area contributed by atoms with Crippen LogP contribution in [0, 0.1) is 6.92 Å². The third kappa shape index (κ3) is 4.12. The molecule has 0 unspecified atom stereocenters. The maximum Gasteiger partial charge on any atom is 0.341 e. The molecule has 1 N–H and O–H groups in total. The molecular formula is C17H19NO5. The van der Waals surface area contributed by atoms with Gasteiger partial charge in [0.25, 0.3) is 0 Å². The summed E-state index contributed by atoms with van der Waals surface area (Å²) in [6.07, 6.45) is 0.223. The first-order chi connectivity index (χ1) is 10.9. The number of aryl methyl sites for hydroxylation is 1. The first-order valence-corrected chi connectivity index (χ1v) is 7.10. The second-order valence-corrected chi connectivity index (χ2v) is 5.27. The highest BCUT2D eigenvalue weighted by molar-refractivity contribution is 5.90. The van der Waals surface area contributed by atoms with E-state index >= 15 is 0 Å². The number of benzene rings is 1. The lowest BCUT2D eigenvalue weighted by atomic mass is 10.1. The van der Waals surface area contributed by atoms with E-state index in [-0.39, 0.29) is 24.6 Å². The number of hydrogen-bond donors (Lipinski definition) is 1. The van der Waals surface area contributed by atoms with E-state index in [1.807, 2.05) is 0 Å². The summed E-state index contributed by atoms with van der Waals surface area (Å²) in [5.74, 6) is 0.589. The van der Waals surface area contributed by atoms with Gasteiger partial charge in [-0.3, -0.25) is 4.79 Å². The molecule has 6 nitrogen and oxygen atoms in total. The molecule has 0 bridgehead atoms. The van der Waals surface area contributed by atoms with Crippen LogP contribution in [-0.4, -0.2) is 36.0 Å². The lowest BCUT2D eigenvalue weighted by Gasteiger charge is -2.15. The number of nitrogens with zero attached hydrogens (tertiary/aromatic N) is 1. The van der Waals surface area contributed by atoms with E-state index in [4.69, 9.17) is 4.42 Å². The summed E-state index contributed by atoms with van der Waals surface area (Å²) in [6, 6.07) is 8.08. The van der Waals surface area contributed by atoms with Gasteiger partial charge in [0.2, 0.25) is 5.91 Å². The Balaban J connectivity index is 2.01. The zero-order valence-corrected chi connectivity index (χ0v) is 13.3. The number of carbonyl (C=O) groups is 2. The molecule has 0 radical (unpaired) electrons. The molecule has 2 rings (SSSR count). The van der Waals surface area contributed by atoms with Crippen molar-refractivity contribution in [2.45, 2.75) is 19.9 Å². The minimum atomic E-state index is -0.462. The van der Waals surface area contributed by atoms with Crippen LogP contribution in [-0.2, 0) is 22.5 Å². The van der Waals surface area contributed by atoms with Crippen molar-refractivity contribution in [2.24, 2.45) is 0 Å². The van der Waals surface area contributed by atoms with E-state index in [0.717, 1.165) is 5.56 Å². The number of esters is 1. The third-order valence-corrected chi connectivity index (χ3v) is 3.48. The molecule has 0 fully saturated rings. The second-order valence-electron chi connectivity index (χ2n) is 5.27. The van der Waals surface area contributed by atoms with Crippen LogP contribution in [0.4, 0.5) is 0 Å². The van der Waals surface area contributed by atoms with Crippen LogP contribution in [0.3, 0.4) is 0 Å². The van der Waals surface area contributed by atoms with Crippen molar-refractivity contribution in [2.75, 3.05) is 14.2 Å². The van der Waals surface area contributed by atoms with Gasteiger partial charge in [-0.2, -0.15) is 0 Å². The summed E-state index contributed by atoms with van der Waals surface area (Å²) >= 11 is 0. The molecule has 1 heterocycles. The quantitative estimate of drug-likeness (QED) is 0.856. The van der Waals surface area contributed by atoms with Crippen LogP contribution in [0.25, 0.3) is 0 Å². The van der Waals surface area contributed by atoms with Crippen molar-refractivity contribution in [1.82, 2.24) is 4.90 Å². The Labute approximate surface area is 134 Å². The molecule has 1 amide bonds. The number of methoxy groups -OCH3 is 1. The van der Waals surface area contributed by atoms with Crippen molar-refractivity contribution >= 4 is 11.9 Å². The Morgan fingerprint density at radius 2 is 1.91 bits per heavy atom. The van der Waals surface area contributed by atoms with Gasteiger partial charge >= 0.3 is 5.97 Å². The molecule has 0 saturated heterocycles. The van der Waals surface area contributed by atoms with Crippen molar-refractivity contribution < 1.29 is 23.8 Å². The lowest BCUT2D eigenvalue weighted by molar-refractivity contribution is -0.129. The summed E-state index contributed by atoms with van der Waals surface area (Å²) in [4.78, 5) is 25.3. The maximum absolute atomic E-state index is 12.2. The third-order valence-electron chi connectivity index (χ3n) is 3.48. The number of hydrogen-bond acceptors (Lipinski definition) is 5. The van der Waals surface area contributed by atoms with Crippen LogP contribution in [0.5, 0.6) is 5.75 Å². The molecule has 1 aromatic carbocycles. The molecule has 0 spiro atoms. The summed E-state index contributed by atoms with van der Waals surface area (Å²) in [7, 11) is 2.97. The maximum atomic E-state index is 12.2. The van der Waals surface area contributed by atoms with E-state index in [9.17, 15) is 14.7 Å². The fourth-order valence-corrected chi connectivity index (χ4v) is 2.18. The molecule has 122 valence electrons. The Morgan fingerprint density at radius 1 is 1.26 bits per heavy atom. The zero-order chi connectivity index (χ0) is 17.0. The summed E-state index contributed by atoms with van der Waals surface area (Å²) < 4.78 is 10.2. The van der Waals surface area contributed by atoms with Gasteiger partial charge in [0.1, 0.15) is 22.8 Å². The highest BCUT2D eigenvalue weighted by Crippen LogP contribution is 2.17. The number of rotatable bonds is 5. The number of phenols is 1. The summed E-state index contributed by atoms with van der Waals surface area (Å²) in [5.41, 5.74) is 1.17. The SMILES string of the molecule is COC(=O)c1cc(CN(C)C(=O)Cc2ccc(O)cc2)oc1C. The Morgan fingerprint density at radius 3 is 2.52 bits per heavy atom. The molecule has 0 aliphatic heterocycles. The van der Waals surface area contributed by atoms with Gasteiger partial charge in [0, 0.05) is 7.05 Å². The van der Waals surface area contributed by atoms with E-state index in [2.05, 4.69) is 4.74 Å². The van der Waals surface area contributed by atoms with Gasteiger partial charge in [-0.15, -0.1) is 0 Å². The molecule has 1 aromatic heterocycles. The monoisotopic (exact) mass is 317 g/mol. The zero-order valence-electron chi connectivity index (χ0n) is 13.3. The molecule has 23 heavy (non-hydrogen) atoms. The van der Waals surface area contributed by atoms with Crippen LogP contribution in [0.15, 0.2) is 34.7 Å². The average molecular weight is 317 g/mol. The van der Waals surface area contributed by atoms with Crippen LogP contribution in [0.2, 0.25) is 0 Å². The van der Waals surface area contributed by atoms with Gasteiger partial charge < -0.3 is 19.2 Å². The highest BCUT2D eigenvalue weighted by Gasteiger charge is 2.18. The molecule has 2 aromatic rings. The number of amides is 1. The Bertz CT molecular complexity index is 702. The average Bonchev–Trinajstić information content (AvgIpc) is 2.89. The molecule has 0 atom stereocenters. The normalized spacial score (nSPS) is 10.4. The molecule has 0 saturated carbocycles. The van der Waals surface area contributed by atoms with Crippen LogP contribution < -0.4 is 0 Å². The minimum Gasteiger partial charge on any atom is -0.508 e. The first kappa shape index (κ1) is 16.6. The van der Waals surface area contributed by atoms with Crippen molar-refractivity contribution in [1.29, 1.82) is 0 Å². The smallest absolute Gasteiger partial charge is 0.341 e. The molecule has 0 aliphatic carbocycles. The number of furan rings is 1. The number of aromatic hydroxyl groups is 1. The van der Waals surface area contributed by atoms with E-state index in [0.29, 0.717) is 17.1 Å². The van der Waals surface area contributed by atoms with Gasteiger partial charge in [0.05, 0.1) is 20.1 Å². The van der Waals surface area contributed by atoms with Gasteiger partial charge in [0.15, 0.2) is 0 Å². The topological polar surface area (TPSA) is 80.0 Å². The highest BCUT2D eigenvalue weighted by atomic mass is 16.5. The van der Waals surface area contributed by atoms with Gasteiger partial charge in [-0.1, -0.05) is 12.1 Å². The van der Waals surface area contributed by atoms with Gasteiger partial charge in [-0.05, 0) is 30.7 Å². The number of phenolic OH excluding ortho intramolecular Hbond substituents is 1. The predicted molar refractivity (Wildman–Crippen MR) is 83.1 cm³/mol. The number of ether oxygens (including phenoxy) is 1. The predicted octanol–water partition coefficient (Wildman–Crippen LogP) is 2.28. The summed E-state index contributed by atoms with van der Waals surface area (Å²) in [6.45, 7) is 1.93. The van der Waals surface area contributed by atoms with E-state index < -0.39 is 5.97 Å². The van der Waals surface area contributed by atoms with Crippen molar-refractivity contribution in [3.63, 3.8) is 0 Å². The molecule has 6 heteroatoms. The minimum absolute atomic E-state index is 0.0932. The fraction of sp³-hybridized carbons (Fsp3) is 0.294. The van der Waals surface area contributed by atoms with Crippen molar-refractivity contribution in [3.05, 3.63) is 53.0 Å². The number of carbonyl (C=O) groups excluding carboxylic acids is 2. The van der Waals surface area contributed by atoms with Crippen molar-refractivity contribution in [3.8, 4) is 5.75 Å². The van der Waals surface area contributed by atoms with Crippen LogP contribution in [0.1, 0.15) is 27.4 Å². The summed E-state index contributed by atoms with van der Waals surface area (Å²) in [5, 5.41) is 9.24. The number of likely N-dealkylation sites (N-methyl/N-ethyl adjacent to an activating group) is 1. The largest absolute Gasteiger partial charge is 0.508 e. The standard InChI is InChI=1S/C17H19NO5/c1-11-15(17(21)22-3)9-14(23-11)10-18(2)16(20)8-12-4-6-13(19)7-5-12/h4-7,9,19H,8,10H2,1-3H3. The van der Waals surface area contributed by atoms with E-state index in [1.54, 1.807) is 44.3 Å². The fourth-order valence-electron chi connectivity index (χ4n) is 2.18. The Hall–Kier alpha value is -2.76. The Kier molecular flexibility index (Phi) is 5.05. The second kappa shape index (κ2) is 7.00. The lowest BCUT2D eigenvalue weighted by Crippen LogP contribution is -2.27. The molecule has 0 aliphatic rings. The van der Waals surface area contributed by atoms with Gasteiger partial charge in [-0.25, -0.2) is 4.79 Å². The molecular weight excluding hydrogens is 298 g/mol. The van der Waals surface area contributed by atoms with Crippen LogP contribution >= 0.6 is 0 Å². The first-order valence-electron chi connectivity index (χ1n) is 7.10. The van der Waals surface area contributed by atoms with E-state index in [1.165, 1.54) is 12.0 Å².